The highest BCUT2D eigenvalue weighted by molar-refractivity contribution is 5.46. The van der Waals surface area contributed by atoms with E-state index in [1.807, 2.05) is 0 Å². The van der Waals surface area contributed by atoms with Gasteiger partial charge >= 0.3 is 0 Å². The van der Waals surface area contributed by atoms with Gasteiger partial charge in [-0.15, -0.1) is 0 Å². The van der Waals surface area contributed by atoms with E-state index in [1.54, 1.807) is 0 Å². The molecule has 0 aliphatic carbocycles. The predicted molar refractivity (Wildman–Crippen MR) is 48.0 cm³/mol. The second-order valence-corrected chi connectivity index (χ2v) is 2.64. The number of nitrogens with zero attached hydrogens (tertiary/aromatic N) is 1. The molecule has 6 heteroatoms. The van der Waals surface area contributed by atoms with Crippen molar-refractivity contribution in [3.63, 3.8) is 0 Å². The number of hydrogen-bond donors (Lipinski definition) is 2. The van der Waals surface area contributed by atoms with Crippen LogP contribution in [0.25, 0.3) is 0 Å². The first-order chi connectivity index (χ1) is 6.60. The first-order valence-corrected chi connectivity index (χ1v) is 3.91. The van der Waals surface area contributed by atoms with Crippen LogP contribution in [0.5, 0.6) is 5.88 Å². The van der Waals surface area contributed by atoms with Crippen LogP contribution in [0.15, 0.2) is 6.07 Å². The third-order valence-electron chi connectivity index (χ3n) is 1.78. The average Bonchev–Trinajstić information content (AvgIpc) is 2.16. The number of nitrogens with two attached hydrogens (primary N) is 2. The highest BCUT2D eigenvalue weighted by Gasteiger charge is 2.17. The normalized spacial score (nSPS) is 10.6. The molecule has 0 bridgehead atoms. The third-order valence-corrected chi connectivity index (χ3v) is 1.78. The second-order valence-electron chi connectivity index (χ2n) is 2.64. The van der Waals surface area contributed by atoms with E-state index in [9.17, 15) is 8.78 Å². The van der Waals surface area contributed by atoms with Crippen LogP contribution >= 0.6 is 0 Å². The van der Waals surface area contributed by atoms with Crippen LogP contribution in [0, 0.1) is 0 Å². The summed E-state index contributed by atoms with van der Waals surface area (Å²) in [5.74, 6) is -0.0385. The summed E-state index contributed by atoms with van der Waals surface area (Å²) in [6, 6.07) is 1.21. The highest BCUT2D eigenvalue weighted by atomic mass is 19.3. The molecule has 0 spiro atoms. The van der Waals surface area contributed by atoms with E-state index in [1.165, 1.54) is 13.2 Å². The van der Waals surface area contributed by atoms with Gasteiger partial charge < -0.3 is 16.2 Å². The molecule has 4 N–H and O–H groups in total. The van der Waals surface area contributed by atoms with Crippen LogP contribution in [-0.4, -0.2) is 12.1 Å². The quantitative estimate of drug-likeness (QED) is 0.770. The first-order valence-electron chi connectivity index (χ1n) is 3.91. The maximum Gasteiger partial charge on any atom is 0.269 e. The van der Waals surface area contributed by atoms with Crippen LogP contribution < -0.4 is 16.2 Å². The molecule has 0 aliphatic heterocycles. The lowest BCUT2D eigenvalue weighted by atomic mass is 10.2. The third kappa shape index (κ3) is 1.90. The zero-order chi connectivity index (χ0) is 10.7. The van der Waals surface area contributed by atoms with Crippen molar-refractivity contribution in [2.45, 2.75) is 13.0 Å². The Morgan fingerprint density at radius 2 is 2.21 bits per heavy atom. The van der Waals surface area contributed by atoms with Crippen molar-refractivity contribution >= 4 is 5.82 Å². The molecule has 0 amide bonds. The van der Waals surface area contributed by atoms with E-state index in [-0.39, 0.29) is 23.8 Å². The molecule has 1 rings (SSSR count). The van der Waals surface area contributed by atoms with Crippen molar-refractivity contribution in [2.24, 2.45) is 5.73 Å². The summed E-state index contributed by atoms with van der Waals surface area (Å²) in [5, 5.41) is 0. The molecule has 14 heavy (non-hydrogen) atoms. The van der Waals surface area contributed by atoms with E-state index in [4.69, 9.17) is 11.5 Å². The Morgan fingerprint density at radius 1 is 1.57 bits per heavy atom. The van der Waals surface area contributed by atoms with Crippen molar-refractivity contribution in [3.8, 4) is 5.88 Å². The van der Waals surface area contributed by atoms with Gasteiger partial charge in [0.25, 0.3) is 6.43 Å². The number of rotatable bonds is 3. The molecule has 0 radical (unpaired) electrons. The Balaban J connectivity index is 3.25. The molecule has 4 nitrogen and oxygen atoms in total. The van der Waals surface area contributed by atoms with Gasteiger partial charge in [-0.2, -0.15) is 4.98 Å². The summed E-state index contributed by atoms with van der Waals surface area (Å²) in [6.45, 7) is 0.0720. The number of hydrogen-bond acceptors (Lipinski definition) is 4. The Kier molecular flexibility index (Phi) is 3.19. The molecule has 0 fully saturated rings. The molecule has 0 saturated heterocycles. The van der Waals surface area contributed by atoms with Crippen molar-refractivity contribution in [1.29, 1.82) is 0 Å². The molecule has 0 aromatic carbocycles. The number of nitrogen functional groups attached to an aromatic ring is 1. The highest BCUT2D eigenvalue weighted by Crippen LogP contribution is 2.29. The maximum atomic E-state index is 12.5. The van der Waals surface area contributed by atoms with Gasteiger partial charge in [0.2, 0.25) is 5.88 Å². The fraction of sp³-hybridized carbons (Fsp3) is 0.375. The Hall–Kier alpha value is -1.43. The standard InChI is InChI=1S/C8H11F2N3O/c1-14-8-5(6(9)10)2-4(3-11)7(12)13-8/h2,6H,3,11H2,1H3,(H2,12,13). The lowest BCUT2D eigenvalue weighted by Crippen LogP contribution is -2.07. The van der Waals surface area contributed by atoms with Crippen molar-refractivity contribution < 1.29 is 13.5 Å². The molecule has 78 valence electrons. The van der Waals surface area contributed by atoms with Crippen LogP contribution in [0.3, 0.4) is 0 Å². The maximum absolute atomic E-state index is 12.5. The zero-order valence-electron chi connectivity index (χ0n) is 7.63. The zero-order valence-corrected chi connectivity index (χ0v) is 7.63. The Labute approximate surface area is 79.9 Å². The average molecular weight is 203 g/mol. The fourth-order valence-corrected chi connectivity index (χ4v) is 1.05. The summed E-state index contributed by atoms with van der Waals surface area (Å²) in [7, 11) is 1.26. The number of pyridine rings is 1. The molecule has 0 aliphatic rings. The van der Waals surface area contributed by atoms with Gasteiger partial charge in [0.05, 0.1) is 12.7 Å². The number of halogens is 2. The smallest absolute Gasteiger partial charge is 0.269 e. The van der Waals surface area contributed by atoms with E-state index in [0.717, 1.165) is 0 Å². The monoisotopic (exact) mass is 203 g/mol. The van der Waals surface area contributed by atoms with Crippen LogP contribution in [-0.2, 0) is 6.54 Å². The van der Waals surface area contributed by atoms with Gasteiger partial charge in [-0.05, 0) is 6.07 Å². The Morgan fingerprint density at radius 3 is 2.64 bits per heavy atom. The predicted octanol–water partition coefficient (Wildman–Crippen LogP) is 1.07. The number of methoxy groups -OCH3 is 1. The minimum atomic E-state index is -2.65. The minimum absolute atomic E-state index is 0.0720. The van der Waals surface area contributed by atoms with E-state index < -0.39 is 6.43 Å². The van der Waals surface area contributed by atoms with Crippen molar-refractivity contribution in [2.75, 3.05) is 12.8 Å². The molecule has 1 heterocycles. The topological polar surface area (TPSA) is 74.2 Å². The summed E-state index contributed by atoms with van der Waals surface area (Å²) in [4.78, 5) is 3.68. The van der Waals surface area contributed by atoms with Gasteiger partial charge in [-0.3, -0.25) is 0 Å². The van der Waals surface area contributed by atoms with E-state index in [2.05, 4.69) is 9.72 Å². The van der Waals surface area contributed by atoms with Crippen LogP contribution in [0.4, 0.5) is 14.6 Å². The van der Waals surface area contributed by atoms with E-state index in [0.29, 0.717) is 5.56 Å². The summed E-state index contributed by atoms with van der Waals surface area (Å²) in [5.41, 5.74) is 10.9. The summed E-state index contributed by atoms with van der Waals surface area (Å²) < 4.78 is 29.6. The second kappa shape index (κ2) is 4.19. The van der Waals surface area contributed by atoms with Gasteiger partial charge in [0.15, 0.2) is 0 Å². The van der Waals surface area contributed by atoms with Crippen LogP contribution in [0.1, 0.15) is 17.6 Å². The van der Waals surface area contributed by atoms with Gasteiger partial charge in [0.1, 0.15) is 5.82 Å². The molecule has 1 aromatic heterocycles. The number of aromatic nitrogens is 1. The number of alkyl halides is 2. The van der Waals surface area contributed by atoms with Gasteiger partial charge in [-0.25, -0.2) is 8.78 Å². The van der Waals surface area contributed by atoms with Crippen molar-refractivity contribution in [3.05, 3.63) is 17.2 Å². The molecular weight excluding hydrogens is 192 g/mol. The van der Waals surface area contributed by atoms with Crippen LogP contribution in [0.2, 0.25) is 0 Å². The SMILES string of the molecule is COc1nc(N)c(CN)cc1C(F)F. The Bertz CT molecular complexity index is 331. The summed E-state index contributed by atoms with van der Waals surface area (Å²) >= 11 is 0. The minimum Gasteiger partial charge on any atom is -0.481 e. The first kappa shape index (κ1) is 10.6. The van der Waals surface area contributed by atoms with E-state index >= 15 is 0 Å². The largest absolute Gasteiger partial charge is 0.481 e. The van der Waals surface area contributed by atoms with Gasteiger partial charge in [0, 0.05) is 12.1 Å². The number of anilines is 1. The van der Waals surface area contributed by atoms with Gasteiger partial charge in [-0.1, -0.05) is 0 Å². The number of ether oxygens (including phenoxy) is 1. The molecule has 0 unspecified atom stereocenters. The molecular formula is C8H11F2N3O. The van der Waals surface area contributed by atoms with Crippen molar-refractivity contribution in [1.82, 2.24) is 4.98 Å². The molecule has 1 aromatic rings. The fourth-order valence-electron chi connectivity index (χ4n) is 1.05. The lowest BCUT2D eigenvalue weighted by Gasteiger charge is -2.10. The molecule has 0 saturated carbocycles. The lowest BCUT2D eigenvalue weighted by molar-refractivity contribution is 0.146. The molecule has 0 atom stereocenters. The summed E-state index contributed by atoms with van der Waals surface area (Å²) in [6.07, 6.45) is -2.65.